The quantitative estimate of drug-likeness (QED) is 0.528. The molecule has 1 nitrogen and oxygen atoms in total. The fraction of sp³-hybridized carbons (Fsp3) is 0.762. The second-order valence-electron chi connectivity index (χ2n) is 10.9. The summed E-state index contributed by atoms with van der Waals surface area (Å²) in [5, 5.41) is 1.70. The first kappa shape index (κ1) is 18.4. The van der Waals surface area contributed by atoms with Crippen LogP contribution in [0.5, 0.6) is 0 Å². The smallest absolute Gasteiger partial charge is 0.143 e. The zero-order valence-corrected chi connectivity index (χ0v) is 18.9. The van der Waals surface area contributed by atoms with Gasteiger partial charge in [0.1, 0.15) is 5.78 Å². The summed E-state index contributed by atoms with van der Waals surface area (Å²) in [5.41, 5.74) is 6.08. The van der Waals surface area contributed by atoms with Crippen molar-refractivity contribution >= 4 is 21.9 Å². The molecule has 0 aliphatic heterocycles. The van der Waals surface area contributed by atoms with Gasteiger partial charge in [-0.1, -0.05) is 68.2 Å². The van der Waals surface area contributed by atoms with Crippen LogP contribution in [0.1, 0.15) is 51.9 Å². The topological polar surface area (TPSA) is 17.1 Å². The molecule has 3 rings (SSSR count). The van der Waals surface area contributed by atoms with Crippen LogP contribution in [0.3, 0.4) is 0 Å². The van der Waals surface area contributed by atoms with E-state index in [0.717, 1.165) is 25.7 Å². The average Bonchev–Trinajstić information content (AvgIpc) is 2.71. The highest BCUT2D eigenvalue weighted by Gasteiger charge is 2.62. The van der Waals surface area contributed by atoms with Crippen molar-refractivity contribution in [2.24, 2.45) is 10.8 Å². The minimum atomic E-state index is -1.47. The van der Waals surface area contributed by atoms with Gasteiger partial charge in [0.25, 0.3) is 0 Å². The summed E-state index contributed by atoms with van der Waals surface area (Å²) < 4.78 is 0. The summed E-state index contributed by atoms with van der Waals surface area (Å²) in [6.45, 7) is 17.3. The van der Waals surface area contributed by atoms with Gasteiger partial charge in [-0.25, -0.2) is 0 Å². The standard InChI is InChI=1S/C21H36OSi2/c1-20-12-8-9-18(22)21(20)14-10-16(15-23(2,3)4)19(24(5,6)7)17(21)11-13-20/h15H,8-14H2,1-7H3/b16-15+/t20-,21-/m0/s1. The Kier molecular flexibility index (Phi) is 4.24. The molecule has 2 atom stereocenters. The Morgan fingerprint density at radius 2 is 1.58 bits per heavy atom. The van der Waals surface area contributed by atoms with Gasteiger partial charge in [0.15, 0.2) is 0 Å². The molecule has 2 fully saturated rings. The summed E-state index contributed by atoms with van der Waals surface area (Å²) in [6, 6.07) is 0. The van der Waals surface area contributed by atoms with Gasteiger partial charge in [-0.05, 0) is 43.9 Å². The van der Waals surface area contributed by atoms with E-state index in [1.807, 2.05) is 0 Å². The third-order valence-electron chi connectivity index (χ3n) is 6.83. The first-order valence-electron chi connectivity index (χ1n) is 9.90. The molecule has 0 saturated heterocycles. The zero-order chi connectivity index (χ0) is 18.0. The Hall–Kier alpha value is -0.416. The van der Waals surface area contributed by atoms with E-state index in [0.29, 0.717) is 5.78 Å². The largest absolute Gasteiger partial charge is 0.299 e. The molecule has 0 heterocycles. The number of hydrogen-bond donors (Lipinski definition) is 0. The molecule has 3 aliphatic carbocycles. The molecule has 0 bridgehead atoms. The van der Waals surface area contributed by atoms with Gasteiger partial charge in [0.2, 0.25) is 0 Å². The summed E-state index contributed by atoms with van der Waals surface area (Å²) in [7, 11) is -2.72. The van der Waals surface area contributed by atoms with Crippen LogP contribution in [0, 0.1) is 10.8 Å². The summed E-state index contributed by atoms with van der Waals surface area (Å²) >= 11 is 0. The Balaban J connectivity index is 2.26. The maximum Gasteiger partial charge on any atom is 0.143 e. The van der Waals surface area contributed by atoms with Crippen LogP contribution in [0.2, 0.25) is 39.3 Å². The fourth-order valence-corrected chi connectivity index (χ4v) is 9.94. The lowest BCUT2D eigenvalue weighted by Gasteiger charge is -2.51. The molecular weight excluding hydrogens is 324 g/mol. The number of Topliss-reactive ketones (excluding diaryl/α,β-unsaturated/α-hetero) is 1. The molecule has 0 aromatic rings. The van der Waals surface area contributed by atoms with Gasteiger partial charge in [0, 0.05) is 6.42 Å². The maximum atomic E-state index is 13.3. The first-order chi connectivity index (χ1) is 10.9. The van der Waals surface area contributed by atoms with Crippen molar-refractivity contribution in [1.29, 1.82) is 0 Å². The highest BCUT2D eigenvalue weighted by Crippen LogP contribution is 2.67. The molecule has 2 saturated carbocycles. The minimum absolute atomic E-state index is 0.0857. The van der Waals surface area contributed by atoms with Crippen molar-refractivity contribution in [2.75, 3.05) is 0 Å². The van der Waals surface area contributed by atoms with Crippen LogP contribution in [-0.2, 0) is 4.79 Å². The number of allylic oxidation sites excluding steroid dienone is 3. The van der Waals surface area contributed by atoms with E-state index in [4.69, 9.17) is 0 Å². The number of ketones is 1. The van der Waals surface area contributed by atoms with E-state index in [-0.39, 0.29) is 10.8 Å². The molecule has 0 amide bonds. The van der Waals surface area contributed by atoms with Crippen molar-refractivity contribution in [3.63, 3.8) is 0 Å². The summed E-state index contributed by atoms with van der Waals surface area (Å²) in [6.07, 6.45) is 7.87. The number of carbonyl (C=O) groups is 1. The van der Waals surface area contributed by atoms with Crippen LogP contribution >= 0.6 is 0 Å². The van der Waals surface area contributed by atoms with Crippen molar-refractivity contribution in [3.05, 3.63) is 22.0 Å². The predicted octanol–water partition coefficient (Wildman–Crippen LogP) is 6.30. The second-order valence-corrected chi connectivity index (χ2v) is 20.9. The molecule has 3 aliphatic rings. The van der Waals surface area contributed by atoms with Gasteiger partial charge >= 0.3 is 0 Å². The molecule has 0 aromatic carbocycles. The van der Waals surface area contributed by atoms with Gasteiger partial charge in [-0.2, -0.15) is 0 Å². The first-order valence-corrected chi connectivity index (χ1v) is 17.0. The van der Waals surface area contributed by atoms with E-state index in [1.165, 1.54) is 19.3 Å². The number of hydrogen-bond acceptors (Lipinski definition) is 1. The van der Waals surface area contributed by atoms with Crippen LogP contribution in [0.4, 0.5) is 0 Å². The fourth-order valence-electron chi connectivity index (χ4n) is 6.06. The zero-order valence-electron chi connectivity index (χ0n) is 16.9. The van der Waals surface area contributed by atoms with Crippen LogP contribution in [-0.4, -0.2) is 21.9 Å². The normalized spacial score (nSPS) is 36.1. The van der Waals surface area contributed by atoms with Crippen molar-refractivity contribution in [3.8, 4) is 0 Å². The molecule has 134 valence electrons. The van der Waals surface area contributed by atoms with Gasteiger partial charge in [-0.15, -0.1) is 0 Å². The Labute approximate surface area is 151 Å². The molecule has 0 unspecified atom stereocenters. The van der Waals surface area contributed by atoms with Crippen LogP contribution in [0.15, 0.2) is 22.0 Å². The van der Waals surface area contributed by atoms with Crippen molar-refractivity contribution in [1.82, 2.24) is 0 Å². The summed E-state index contributed by atoms with van der Waals surface area (Å²) in [5.74, 6) is 0.589. The molecular formula is C21H36OSi2. The van der Waals surface area contributed by atoms with Crippen molar-refractivity contribution in [2.45, 2.75) is 91.2 Å². The lowest BCUT2D eigenvalue weighted by Crippen LogP contribution is -2.49. The number of rotatable bonds is 2. The second kappa shape index (κ2) is 5.54. The maximum absolute atomic E-state index is 13.3. The Bertz CT molecular complexity index is 629. The third-order valence-corrected chi connectivity index (χ3v) is 10.2. The summed E-state index contributed by atoms with van der Waals surface area (Å²) in [4.78, 5) is 13.3. The molecule has 0 radical (unpaired) electrons. The molecule has 1 spiro atoms. The van der Waals surface area contributed by atoms with Crippen LogP contribution in [0.25, 0.3) is 0 Å². The lowest BCUT2D eigenvalue weighted by molar-refractivity contribution is -0.136. The highest BCUT2D eigenvalue weighted by atomic mass is 28.3. The molecule has 0 N–H and O–H groups in total. The van der Waals surface area contributed by atoms with E-state index < -0.39 is 16.1 Å². The molecule has 3 heteroatoms. The van der Waals surface area contributed by atoms with E-state index in [1.54, 1.807) is 16.3 Å². The van der Waals surface area contributed by atoms with E-state index in [2.05, 4.69) is 51.9 Å². The van der Waals surface area contributed by atoms with Crippen molar-refractivity contribution < 1.29 is 4.79 Å². The van der Waals surface area contributed by atoms with Crippen LogP contribution < -0.4 is 0 Å². The minimum Gasteiger partial charge on any atom is -0.299 e. The average molecular weight is 361 g/mol. The SMILES string of the molecule is C[C@@]12CCCC(=O)[C@@]13CC/C(=C\[Si](C)(C)C)C([Si](C)(C)C)=C3CC2. The lowest BCUT2D eigenvalue weighted by atomic mass is 9.53. The van der Waals surface area contributed by atoms with Gasteiger partial charge in [-0.3, -0.25) is 4.79 Å². The van der Waals surface area contributed by atoms with E-state index in [9.17, 15) is 4.79 Å². The molecule has 24 heavy (non-hydrogen) atoms. The Morgan fingerprint density at radius 1 is 0.917 bits per heavy atom. The predicted molar refractivity (Wildman–Crippen MR) is 110 cm³/mol. The van der Waals surface area contributed by atoms with E-state index >= 15 is 0 Å². The Morgan fingerprint density at radius 3 is 2.17 bits per heavy atom. The monoisotopic (exact) mass is 360 g/mol. The van der Waals surface area contributed by atoms with Gasteiger partial charge < -0.3 is 0 Å². The third kappa shape index (κ3) is 2.66. The van der Waals surface area contributed by atoms with Gasteiger partial charge in [0.05, 0.1) is 21.6 Å². The number of carbonyl (C=O) groups excluding carboxylic acids is 1. The molecule has 0 aromatic heterocycles. The highest BCUT2D eigenvalue weighted by molar-refractivity contribution is 6.85.